The van der Waals surface area contributed by atoms with E-state index in [-0.39, 0.29) is 18.4 Å². The molecule has 1 fully saturated rings. The molecule has 1 aliphatic rings. The summed E-state index contributed by atoms with van der Waals surface area (Å²) in [5, 5.41) is 3.46. The molecule has 1 atom stereocenters. The van der Waals surface area contributed by atoms with E-state index in [0.717, 1.165) is 18.4 Å². The van der Waals surface area contributed by atoms with E-state index in [1.807, 2.05) is 30.3 Å². The van der Waals surface area contributed by atoms with Crippen LogP contribution in [0.15, 0.2) is 48.5 Å². The Bertz CT molecular complexity index is 810. The zero-order valence-corrected chi connectivity index (χ0v) is 16.0. The summed E-state index contributed by atoms with van der Waals surface area (Å²) in [6, 6.07) is 14.1. The standard InChI is InChI=1S/C21H23ClN2O3/c1-27-18-11-7-10-17(22)16(18)14-23-21(26)20(15-8-3-2-4-9-15)24-13-6-5-12-19(24)25/h2-4,7-11,20H,5-6,12-14H2,1H3,(H,23,26). The number of rotatable bonds is 6. The van der Waals surface area contributed by atoms with E-state index in [2.05, 4.69) is 5.32 Å². The summed E-state index contributed by atoms with van der Waals surface area (Å²) >= 11 is 6.26. The van der Waals surface area contributed by atoms with E-state index in [4.69, 9.17) is 16.3 Å². The molecule has 3 rings (SSSR count). The molecule has 0 spiro atoms. The Kier molecular flexibility index (Phi) is 6.35. The summed E-state index contributed by atoms with van der Waals surface area (Å²) in [6.45, 7) is 0.814. The highest BCUT2D eigenvalue weighted by Gasteiger charge is 2.32. The van der Waals surface area contributed by atoms with Crippen molar-refractivity contribution in [1.29, 1.82) is 0 Å². The van der Waals surface area contributed by atoms with Crippen LogP contribution in [-0.4, -0.2) is 30.4 Å². The van der Waals surface area contributed by atoms with Crippen LogP contribution in [0.4, 0.5) is 0 Å². The van der Waals surface area contributed by atoms with Crippen molar-refractivity contribution in [2.45, 2.75) is 31.8 Å². The Hall–Kier alpha value is -2.53. The molecule has 0 saturated carbocycles. The molecule has 6 heteroatoms. The third-order valence-corrected chi connectivity index (χ3v) is 5.12. The van der Waals surface area contributed by atoms with Gasteiger partial charge in [-0.1, -0.05) is 48.0 Å². The summed E-state index contributed by atoms with van der Waals surface area (Å²) in [5.74, 6) is 0.409. The number of hydrogen-bond acceptors (Lipinski definition) is 3. The van der Waals surface area contributed by atoms with Crippen molar-refractivity contribution in [3.8, 4) is 5.75 Å². The van der Waals surface area contributed by atoms with Crippen molar-refractivity contribution in [2.75, 3.05) is 13.7 Å². The van der Waals surface area contributed by atoms with Crippen LogP contribution in [0.1, 0.15) is 36.4 Å². The molecule has 1 N–H and O–H groups in total. The van der Waals surface area contributed by atoms with E-state index in [1.54, 1.807) is 30.2 Å². The first-order chi connectivity index (χ1) is 13.1. The maximum Gasteiger partial charge on any atom is 0.247 e. The van der Waals surface area contributed by atoms with Gasteiger partial charge in [0.2, 0.25) is 11.8 Å². The predicted molar refractivity (Wildman–Crippen MR) is 105 cm³/mol. The molecule has 0 aromatic heterocycles. The summed E-state index contributed by atoms with van der Waals surface area (Å²) < 4.78 is 5.34. The number of ether oxygens (including phenoxy) is 1. The minimum absolute atomic E-state index is 0.0144. The maximum absolute atomic E-state index is 13.1. The second-order valence-corrected chi connectivity index (χ2v) is 6.90. The zero-order valence-electron chi connectivity index (χ0n) is 15.3. The largest absolute Gasteiger partial charge is 0.496 e. The molecule has 0 bridgehead atoms. The Labute approximate surface area is 164 Å². The van der Waals surface area contributed by atoms with Crippen LogP contribution < -0.4 is 10.1 Å². The molecule has 1 saturated heterocycles. The second-order valence-electron chi connectivity index (χ2n) is 6.50. The predicted octanol–water partition coefficient (Wildman–Crippen LogP) is 3.72. The number of likely N-dealkylation sites (tertiary alicyclic amines) is 1. The molecular weight excluding hydrogens is 364 g/mol. The summed E-state index contributed by atoms with van der Waals surface area (Å²) in [6.07, 6.45) is 2.25. The number of benzene rings is 2. The number of nitrogens with one attached hydrogen (secondary N) is 1. The average molecular weight is 387 g/mol. The lowest BCUT2D eigenvalue weighted by Crippen LogP contribution is -2.45. The van der Waals surface area contributed by atoms with Gasteiger partial charge >= 0.3 is 0 Å². The molecule has 0 aliphatic carbocycles. The fourth-order valence-electron chi connectivity index (χ4n) is 3.38. The first-order valence-electron chi connectivity index (χ1n) is 9.05. The van der Waals surface area contributed by atoms with Crippen LogP contribution >= 0.6 is 11.6 Å². The topological polar surface area (TPSA) is 58.6 Å². The van der Waals surface area contributed by atoms with Gasteiger partial charge in [0.25, 0.3) is 0 Å². The van der Waals surface area contributed by atoms with Crippen molar-refractivity contribution < 1.29 is 14.3 Å². The molecule has 0 radical (unpaired) electrons. The SMILES string of the molecule is COc1cccc(Cl)c1CNC(=O)C(c1ccccc1)N1CCCCC1=O. The van der Waals surface area contributed by atoms with Crippen molar-refractivity contribution in [3.05, 3.63) is 64.7 Å². The number of carbonyl (C=O) groups excluding carboxylic acids is 2. The number of methoxy groups -OCH3 is 1. The van der Waals surface area contributed by atoms with Gasteiger partial charge in [-0.25, -0.2) is 0 Å². The maximum atomic E-state index is 13.1. The number of halogens is 1. The molecule has 1 heterocycles. The fourth-order valence-corrected chi connectivity index (χ4v) is 3.61. The first-order valence-corrected chi connectivity index (χ1v) is 9.43. The Morgan fingerprint density at radius 2 is 1.96 bits per heavy atom. The van der Waals surface area contributed by atoms with E-state index in [1.165, 1.54) is 0 Å². The van der Waals surface area contributed by atoms with Crippen molar-refractivity contribution >= 4 is 23.4 Å². The molecule has 1 aliphatic heterocycles. The quantitative estimate of drug-likeness (QED) is 0.823. The van der Waals surface area contributed by atoms with Crippen LogP contribution in [0.3, 0.4) is 0 Å². The van der Waals surface area contributed by atoms with E-state index in [9.17, 15) is 9.59 Å². The van der Waals surface area contributed by atoms with Gasteiger partial charge in [-0.15, -0.1) is 0 Å². The van der Waals surface area contributed by atoms with Crippen molar-refractivity contribution in [3.63, 3.8) is 0 Å². The molecular formula is C21H23ClN2O3. The molecule has 27 heavy (non-hydrogen) atoms. The highest BCUT2D eigenvalue weighted by molar-refractivity contribution is 6.31. The van der Waals surface area contributed by atoms with Crippen LogP contribution in [0.5, 0.6) is 5.75 Å². The summed E-state index contributed by atoms with van der Waals surface area (Å²) in [4.78, 5) is 27.2. The molecule has 142 valence electrons. The minimum atomic E-state index is -0.646. The van der Waals surface area contributed by atoms with Gasteiger partial charge in [0.1, 0.15) is 11.8 Å². The van der Waals surface area contributed by atoms with Gasteiger partial charge in [0, 0.05) is 30.1 Å². The lowest BCUT2D eigenvalue weighted by molar-refractivity contribution is -0.142. The lowest BCUT2D eigenvalue weighted by Gasteiger charge is -2.34. The van der Waals surface area contributed by atoms with Crippen molar-refractivity contribution in [2.24, 2.45) is 0 Å². The minimum Gasteiger partial charge on any atom is -0.496 e. The first kappa shape index (κ1) is 19.2. The Morgan fingerprint density at radius 3 is 2.67 bits per heavy atom. The van der Waals surface area contributed by atoms with Crippen LogP contribution in [0.2, 0.25) is 5.02 Å². The summed E-state index contributed by atoms with van der Waals surface area (Å²) in [5.41, 5.74) is 1.52. The molecule has 2 aromatic carbocycles. The Balaban J connectivity index is 1.83. The molecule has 2 amide bonds. The van der Waals surface area contributed by atoms with Crippen LogP contribution in [0, 0.1) is 0 Å². The second kappa shape index (κ2) is 8.91. The third kappa shape index (κ3) is 4.42. The van der Waals surface area contributed by atoms with Crippen LogP contribution in [-0.2, 0) is 16.1 Å². The zero-order chi connectivity index (χ0) is 19.2. The highest BCUT2D eigenvalue weighted by atomic mass is 35.5. The van der Waals surface area contributed by atoms with Crippen molar-refractivity contribution in [1.82, 2.24) is 10.2 Å². The molecule has 1 unspecified atom stereocenters. The normalized spacial score (nSPS) is 15.3. The smallest absolute Gasteiger partial charge is 0.247 e. The molecule has 5 nitrogen and oxygen atoms in total. The number of hydrogen-bond donors (Lipinski definition) is 1. The lowest BCUT2D eigenvalue weighted by atomic mass is 10.0. The third-order valence-electron chi connectivity index (χ3n) is 4.77. The van der Waals surface area contributed by atoms with Gasteiger partial charge in [-0.3, -0.25) is 9.59 Å². The van der Waals surface area contributed by atoms with Gasteiger partial charge in [-0.05, 0) is 30.5 Å². The Morgan fingerprint density at radius 1 is 1.19 bits per heavy atom. The van der Waals surface area contributed by atoms with Gasteiger partial charge in [-0.2, -0.15) is 0 Å². The number of carbonyl (C=O) groups is 2. The van der Waals surface area contributed by atoms with E-state index >= 15 is 0 Å². The monoisotopic (exact) mass is 386 g/mol. The van der Waals surface area contributed by atoms with E-state index < -0.39 is 6.04 Å². The number of piperidine rings is 1. The van der Waals surface area contributed by atoms with Gasteiger partial charge in [0.05, 0.1) is 7.11 Å². The number of amides is 2. The summed E-state index contributed by atoms with van der Waals surface area (Å²) in [7, 11) is 1.57. The number of nitrogens with zero attached hydrogens (tertiary/aromatic N) is 1. The van der Waals surface area contributed by atoms with E-state index in [0.29, 0.717) is 29.3 Å². The average Bonchev–Trinajstić information content (AvgIpc) is 2.69. The molecule has 2 aromatic rings. The fraction of sp³-hybridized carbons (Fsp3) is 0.333. The van der Waals surface area contributed by atoms with Gasteiger partial charge < -0.3 is 15.0 Å². The van der Waals surface area contributed by atoms with Gasteiger partial charge in [0.15, 0.2) is 0 Å². The highest BCUT2D eigenvalue weighted by Crippen LogP contribution is 2.28. The van der Waals surface area contributed by atoms with Crippen LogP contribution in [0.25, 0.3) is 0 Å².